The van der Waals surface area contributed by atoms with Crippen molar-refractivity contribution in [3.8, 4) is 0 Å². The summed E-state index contributed by atoms with van der Waals surface area (Å²) in [6.45, 7) is 2.28. The van der Waals surface area contributed by atoms with E-state index in [-0.39, 0.29) is 0 Å². The maximum atomic E-state index is 4.28. The van der Waals surface area contributed by atoms with Crippen molar-refractivity contribution in [2.75, 3.05) is 18.6 Å². The largest absolute Gasteiger partial charge is 0.315 e. The van der Waals surface area contributed by atoms with Crippen LogP contribution in [0.2, 0.25) is 0 Å². The smallest absolute Gasteiger partial charge is 0.176 e. The number of thioether (sulfide) groups is 2. The lowest BCUT2D eigenvalue weighted by Gasteiger charge is -2.35. The highest BCUT2D eigenvalue weighted by atomic mass is 32.2. The third kappa shape index (κ3) is 3.39. The summed E-state index contributed by atoms with van der Waals surface area (Å²) in [7, 11) is 3.85. The second kappa shape index (κ2) is 6.77. The van der Waals surface area contributed by atoms with Crippen LogP contribution < -0.4 is 5.32 Å². The number of likely N-dealkylation sites (N-methyl/N-ethyl adjacent to an activating group) is 1. The van der Waals surface area contributed by atoms with Crippen LogP contribution in [-0.4, -0.2) is 55.3 Å². The number of nitrogens with one attached hydrogen (secondary N) is 1. The average Bonchev–Trinajstić information content (AvgIpc) is 2.81. The van der Waals surface area contributed by atoms with E-state index in [0.717, 1.165) is 17.5 Å². The summed E-state index contributed by atoms with van der Waals surface area (Å²) >= 11 is 4.20. The van der Waals surface area contributed by atoms with Crippen LogP contribution in [0, 0.1) is 0 Å². The van der Waals surface area contributed by atoms with Gasteiger partial charge < -0.3 is 5.32 Å². The number of nitrogens with zero attached hydrogens (tertiary/aromatic N) is 4. The summed E-state index contributed by atoms with van der Waals surface area (Å²) in [5.41, 5.74) is 0. The molecule has 0 aromatic carbocycles. The second-order valence-electron chi connectivity index (χ2n) is 4.45. The van der Waals surface area contributed by atoms with Crippen LogP contribution in [0.1, 0.15) is 19.2 Å². The lowest BCUT2D eigenvalue weighted by molar-refractivity contribution is 0.505. The molecule has 0 saturated carbocycles. The number of aromatic nitrogens is 4. The van der Waals surface area contributed by atoms with Crippen molar-refractivity contribution in [1.82, 2.24) is 25.5 Å². The summed E-state index contributed by atoms with van der Waals surface area (Å²) in [6, 6.07) is 0.428. The third-order valence-electron chi connectivity index (χ3n) is 3.21. The molecule has 18 heavy (non-hydrogen) atoms. The third-order valence-corrected chi connectivity index (χ3v) is 6.62. The van der Waals surface area contributed by atoms with Crippen molar-refractivity contribution >= 4 is 23.5 Å². The van der Waals surface area contributed by atoms with Gasteiger partial charge in [0.25, 0.3) is 0 Å². The number of rotatable bonds is 5. The minimum absolute atomic E-state index is 0.428. The Balaban J connectivity index is 2.02. The molecular weight excluding hydrogens is 266 g/mol. The van der Waals surface area contributed by atoms with Gasteiger partial charge in [-0.05, 0) is 18.7 Å². The van der Waals surface area contributed by atoms with Gasteiger partial charge in [0.1, 0.15) is 0 Å². The summed E-state index contributed by atoms with van der Waals surface area (Å²) in [4.78, 5) is 1.53. The fourth-order valence-corrected chi connectivity index (χ4v) is 5.60. The van der Waals surface area contributed by atoms with Gasteiger partial charge in [-0.1, -0.05) is 6.92 Å². The first-order valence-electron chi connectivity index (χ1n) is 6.38. The Labute approximate surface area is 117 Å². The van der Waals surface area contributed by atoms with Crippen molar-refractivity contribution in [2.24, 2.45) is 7.05 Å². The molecule has 1 fully saturated rings. The first-order valence-corrected chi connectivity index (χ1v) is 8.47. The molecular formula is C11H21N5S2. The molecule has 0 bridgehead atoms. The Morgan fingerprint density at radius 2 is 2.22 bits per heavy atom. The molecule has 1 aliphatic heterocycles. The van der Waals surface area contributed by atoms with Gasteiger partial charge in [0, 0.05) is 34.5 Å². The van der Waals surface area contributed by atoms with E-state index >= 15 is 0 Å². The fourth-order valence-electron chi connectivity index (χ4n) is 2.30. The molecule has 1 saturated heterocycles. The maximum Gasteiger partial charge on any atom is 0.176 e. The molecule has 102 valence electrons. The number of tetrazole rings is 1. The molecule has 3 atom stereocenters. The van der Waals surface area contributed by atoms with E-state index in [0.29, 0.717) is 11.3 Å². The quantitative estimate of drug-likeness (QED) is 0.871. The van der Waals surface area contributed by atoms with Gasteiger partial charge in [-0.3, -0.25) is 0 Å². The van der Waals surface area contributed by atoms with Gasteiger partial charge in [0.2, 0.25) is 0 Å². The summed E-state index contributed by atoms with van der Waals surface area (Å²) in [5, 5.41) is 17.1. The molecule has 1 aromatic heterocycles. The van der Waals surface area contributed by atoms with Gasteiger partial charge in [-0.2, -0.15) is 28.3 Å². The van der Waals surface area contributed by atoms with Crippen LogP contribution in [0.15, 0.2) is 0 Å². The predicted molar refractivity (Wildman–Crippen MR) is 78.1 cm³/mol. The monoisotopic (exact) mass is 287 g/mol. The zero-order valence-electron chi connectivity index (χ0n) is 11.2. The van der Waals surface area contributed by atoms with E-state index in [9.17, 15) is 0 Å². The van der Waals surface area contributed by atoms with Crippen molar-refractivity contribution in [2.45, 2.75) is 36.3 Å². The molecule has 3 unspecified atom stereocenters. The van der Waals surface area contributed by atoms with Gasteiger partial charge in [0.15, 0.2) is 5.82 Å². The van der Waals surface area contributed by atoms with Crippen LogP contribution in [0.25, 0.3) is 0 Å². The predicted octanol–water partition coefficient (Wildman–Crippen LogP) is 0.968. The lowest BCUT2D eigenvalue weighted by atomic mass is 10.1. The van der Waals surface area contributed by atoms with E-state index in [1.807, 2.05) is 14.1 Å². The second-order valence-corrected chi connectivity index (χ2v) is 7.08. The molecule has 1 N–H and O–H groups in total. The van der Waals surface area contributed by atoms with Gasteiger partial charge in [-0.25, -0.2) is 0 Å². The van der Waals surface area contributed by atoms with Crippen LogP contribution in [-0.2, 0) is 13.5 Å². The Morgan fingerprint density at radius 3 is 2.83 bits per heavy atom. The molecule has 0 radical (unpaired) electrons. The number of aryl methyl sites for hydroxylation is 1. The normalized spacial score (nSPS) is 26.2. The highest BCUT2D eigenvalue weighted by Gasteiger charge is 2.32. The topological polar surface area (TPSA) is 55.6 Å². The van der Waals surface area contributed by atoms with Gasteiger partial charge in [-0.15, -0.1) is 10.2 Å². The molecule has 0 aliphatic carbocycles. The summed E-state index contributed by atoms with van der Waals surface area (Å²) < 4.78 is 0. The van der Waals surface area contributed by atoms with E-state index < -0.39 is 0 Å². The van der Waals surface area contributed by atoms with Crippen LogP contribution >= 0.6 is 23.5 Å². The first kappa shape index (κ1) is 14.1. The molecule has 5 nitrogen and oxygen atoms in total. The van der Waals surface area contributed by atoms with Crippen molar-refractivity contribution in [3.63, 3.8) is 0 Å². The highest BCUT2D eigenvalue weighted by molar-refractivity contribution is 8.07. The minimum Gasteiger partial charge on any atom is -0.315 e. The zero-order chi connectivity index (χ0) is 13.0. The Bertz CT molecular complexity index is 370. The highest BCUT2D eigenvalue weighted by Crippen LogP contribution is 2.35. The molecule has 2 rings (SSSR count). The lowest BCUT2D eigenvalue weighted by Crippen LogP contribution is -2.45. The van der Waals surface area contributed by atoms with E-state index in [4.69, 9.17) is 0 Å². The summed E-state index contributed by atoms with van der Waals surface area (Å²) in [5.74, 6) is 3.36. The minimum atomic E-state index is 0.428. The standard InChI is InChI=1S/C11H21N5S2/c1-4-9-11(18-6-5-17-9)8(12-2)7-10-13-15-16(3)14-10/h8-9,11-12H,4-7H2,1-3H3. The van der Waals surface area contributed by atoms with Crippen LogP contribution in [0.4, 0.5) is 0 Å². The molecule has 7 heteroatoms. The van der Waals surface area contributed by atoms with Crippen molar-refractivity contribution < 1.29 is 0 Å². The average molecular weight is 287 g/mol. The Morgan fingerprint density at radius 1 is 1.44 bits per heavy atom. The van der Waals surface area contributed by atoms with Crippen LogP contribution in [0.5, 0.6) is 0 Å². The van der Waals surface area contributed by atoms with Gasteiger partial charge >= 0.3 is 0 Å². The number of hydrogen-bond acceptors (Lipinski definition) is 6. The van der Waals surface area contributed by atoms with Gasteiger partial charge in [0.05, 0.1) is 7.05 Å². The first-order chi connectivity index (χ1) is 8.74. The molecule has 0 amide bonds. The Hall–Kier alpha value is -0.270. The maximum absolute atomic E-state index is 4.28. The van der Waals surface area contributed by atoms with Crippen LogP contribution in [0.3, 0.4) is 0 Å². The number of hydrogen-bond donors (Lipinski definition) is 1. The molecule has 0 spiro atoms. The summed E-state index contributed by atoms with van der Waals surface area (Å²) in [6.07, 6.45) is 2.09. The molecule has 1 aliphatic rings. The zero-order valence-corrected chi connectivity index (χ0v) is 12.8. The van der Waals surface area contributed by atoms with E-state index in [1.54, 1.807) is 0 Å². The Kier molecular flexibility index (Phi) is 5.32. The SMILES string of the molecule is CCC1SCCSC1C(Cc1nnn(C)n1)NC. The molecule has 1 aromatic rings. The van der Waals surface area contributed by atoms with E-state index in [2.05, 4.69) is 51.2 Å². The van der Waals surface area contributed by atoms with E-state index in [1.165, 1.54) is 22.7 Å². The van der Waals surface area contributed by atoms with Crippen molar-refractivity contribution in [1.29, 1.82) is 0 Å². The van der Waals surface area contributed by atoms with Crippen molar-refractivity contribution in [3.05, 3.63) is 5.82 Å². The molecule has 2 heterocycles. The fraction of sp³-hybridized carbons (Fsp3) is 0.909.